The highest BCUT2D eigenvalue weighted by molar-refractivity contribution is 6.33. The van der Waals surface area contributed by atoms with Crippen LogP contribution in [-0.4, -0.2) is 42.0 Å². The number of carbonyl (C=O) groups is 1. The van der Waals surface area contributed by atoms with E-state index in [1.165, 1.54) is 0 Å². The van der Waals surface area contributed by atoms with Crippen LogP contribution in [0.1, 0.15) is 25.7 Å². The zero-order valence-electron chi connectivity index (χ0n) is 11.6. The number of likely N-dealkylation sites (tertiary alicyclic amines) is 1. The molecule has 1 atom stereocenters. The number of carbonyl (C=O) groups excluding carboxylic acids is 1. The fourth-order valence-corrected chi connectivity index (χ4v) is 3.46. The Morgan fingerprint density at radius 3 is 2.80 bits per heavy atom. The van der Waals surface area contributed by atoms with Crippen LogP contribution in [-0.2, 0) is 4.79 Å². The van der Waals surface area contributed by atoms with Gasteiger partial charge in [0.25, 0.3) is 0 Å². The maximum atomic E-state index is 12.5. The molecule has 20 heavy (non-hydrogen) atoms. The average Bonchev–Trinajstić information content (AvgIpc) is 3.01. The van der Waals surface area contributed by atoms with Crippen LogP contribution < -0.4 is 4.90 Å². The summed E-state index contributed by atoms with van der Waals surface area (Å²) in [7, 11) is 0. The summed E-state index contributed by atoms with van der Waals surface area (Å²) in [6, 6.07) is 1.94. The Morgan fingerprint density at radius 1 is 1.25 bits per heavy atom. The van der Waals surface area contributed by atoms with Crippen molar-refractivity contribution >= 4 is 23.2 Å². The maximum Gasteiger partial charge on any atom is 0.227 e. The lowest BCUT2D eigenvalue weighted by Gasteiger charge is -2.35. The van der Waals surface area contributed by atoms with Crippen LogP contribution in [0.4, 0.5) is 5.69 Å². The Labute approximate surface area is 124 Å². The third-order valence-electron chi connectivity index (χ3n) is 4.28. The van der Waals surface area contributed by atoms with Crippen molar-refractivity contribution < 1.29 is 4.79 Å². The molecule has 1 amide bonds. The number of amides is 1. The second-order valence-corrected chi connectivity index (χ2v) is 6.05. The average molecular weight is 294 g/mol. The molecule has 108 valence electrons. The topological polar surface area (TPSA) is 36.4 Å². The highest BCUT2D eigenvalue weighted by Crippen LogP contribution is 2.29. The van der Waals surface area contributed by atoms with E-state index in [4.69, 9.17) is 11.6 Å². The molecule has 4 nitrogen and oxygen atoms in total. The minimum absolute atomic E-state index is 0.117. The summed E-state index contributed by atoms with van der Waals surface area (Å²) < 4.78 is 0. The third kappa shape index (κ3) is 2.75. The Bertz CT molecular complexity index is 488. The highest BCUT2D eigenvalue weighted by atomic mass is 35.5. The number of halogens is 1. The standard InChI is InChI=1S/C15H20ClN3O/c16-13-10-17-6-5-14(13)19-9-3-4-12(11-19)15(20)18-7-1-2-8-18/h5-6,10,12H,1-4,7-9,11H2. The smallest absolute Gasteiger partial charge is 0.227 e. The predicted octanol–water partition coefficient (Wildman–Crippen LogP) is 2.57. The molecule has 1 unspecified atom stereocenters. The molecule has 0 bridgehead atoms. The van der Waals surface area contributed by atoms with Gasteiger partial charge < -0.3 is 9.80 Å². The van der Waals surface area contributed by atoms with E-state index in [-0.39, 0.29) is 5.92 Å². The number of aromatic nitrogens is 1. The summed E-state index contributed by atoms with van der Waals surface area (Å²) in [5.41, 5.74) is 1.00. The first-order valence-electron chi connectivity index (χ1n) is 7.39. The summed E-state index contributed by atoms with van der Waals surface area (Å²) in [4.78, 5) is 20.8. The number of pyridine rings is 1. The largest absolute Gasteiger partial charge is 0.369 e. The minimum Gasteiger partial charge on any atom is -0.369 e. The molecule has 0 saturated carbocycles. The van der Waals surface area contributed by atoms with Crippen molar-refractivity contribution in [2.75, 3.05) is 31.1 Å². The molecular formula is C15H20ClN3O. The van der Waals surface area contributed by atoms with E-state index in [0.29, 0.717) is 10.9 Å². The van der Waals surface area contributed by atoms with E-state index in [1.807, 2.05) is 11.0 Å². The first-order valence-corrected chi connectivity index (χ1v) is 7.77. The first-order chi connectivity index (χ1) is 9.75. The SMILES string of the molecule is O=C(C1CCCN(c2ccncc2Cl)C1)N1CCCC1. The van der Waals surface area contributed by atoms with Gasteiger partial charge >= 0.3 is 0 Å². The Hall–Kier alpha value is -1.29. The summed E-state index contributed by atoms with van der Waals surface area (Å²) >= 11 is 6.21. The Morgan fingerprint density at radius 2 is 2.05 bits per heavy atom. The lowest BCUT2D eigenvalue weighted by molar-refractivity contribution is -0.134. The van der Waals surface area contributed by atoms with Crippen LogP contribution in [0.3, 0.4) is 0 Å². The molecule has 0 spiro atoms. The fraction of sp³-hybridized carbons (Fsp3) is 0.600. The zero-order chi connectivity index (χ0) is 13.9. The third-order valence-corrected chi connectivity index (χ3v) is 4.57. The zero-order valence-corrected chi connectivity index (χ0v) is 12.4. The molecule has 1 aromatic heterocycles. The molecule has 1 aromatic rings. The van der Waals surface area contributed by atoms with Crippen LogP contribution >= 0.6 is 11.6 Å². The molecule has 0 N–H and O–H groups in total. The number of anilines is 1. The molecule has 3 heterocycles. The van der Waals surface area contributed by atoms with Gasteiger partial charge in [-0.05, 0) is 31.7 Å². The quantitative estimate of drug-likeness (QED) is 0.841. The van der Waals surface area contributed by atoms with Gasteiger partial charge in [0.15, 0.2) is 0 Å². The molecule has 0 aliphatic carbocycles. The molecule has 0 aromatic carbocycles. The van der Waals surface area contributed by atoms with E-state index in [0.717, 1.165) is 57.5 Å². The lowest BCUT2D eigenvalue weighted by atomic mass is 9.96. The van der Waals surface area contributed by atoms with Crippen LogP contribution in [0.25, 0.3) is 0 Å². The van der Waals surface area contributed by atoms with Crippen molar-refractivity contribution in [1.29, 1.82) is 0 Å². The van der Waals surface area contributed by atoms with Gasteiger partial charge in [0.2, 0.25) is 5.91 Å². The molecule has 2 saturated heterocycles. The van der Waals surface area contributed by atoms with E-state index in [9.17, 15) is 4.79 Å². The van der Waals surface area contributed by atoms with Gasteiger partial charge in [-0.15, -0.1) is 0 Å². The van der Waals surface area contributed by atoms with Gasteiger partial charge in [-0.2, -0.15) is 0 Å². The van der Waals surface area contributed by atoms with Crippen molar-refractivity contribution in [2.45, 2.75) is 25.7 Å². The predicted molar refractivity (Wildman–Crippen MR) is 80.0 cm³/mol. The normalized spacial score (nSPS) is 23.1. The van der Waals surface area contributed by atoms with Crippen LogP contribution in [0.5, 0.6) is 0 Å². The highest BCUT2D eigenvalue weighted by Gasteiger charge is 2.31. The van der Waals surface area contributed by atoms with Crippen molar-refractivity contribution in [3.05, 3.63) is 23.5 Å². The number of hydrogen-bond donors (Lipinski definition) is 0. The van der Waals surface area contributed by atoms with Crippen LogP contribution in [0.15, 0.2) is 18.5 Å². The van der Waals surface area contributed by atoms with Crippen molar-refractivity contribution in [3.63, 3.8) is 0 Å². The maximum absolute atomic E-state index is 12.5. The molecule has 3 rings (SSSR count). The van der Waals surface area contributed by atoms with Gasteiger partial charge in [-0.1, -0.05) is 11.6 Å². The fourth-order valence-electron chi connectivity index (χ4n) is 3.22. The van der Waals surface area contributed by atoms with Gasteiger partial charge in [0, 0.05) is 38.6 Å². The molecule has 5 heteroatoms. The first kappa shape index (κ1) is 13.7. The molecule has 2 aliphatic heterocycles. The second kappa shape index (κ2) is 6.00. The molecule has 2 aliphatic rings. The molecule has 0 radical (unpaired) electrons. The monoisotopic (exact) mass is 293 g/mol. The van der Waals surface area contributed by atoms with Gasteiger partial charge in [0.1, 0.15) is 0 Å². The minimum atomic E-state index is 0.117. The summed E-state index contributed by atoms with van der Waals surface area (Å²) in [5.74, 6) is 0.448. The van der Waals surface area contributed by atoms with Crippen LogP contribution in [0, 0.1) is 5.92 Å². The number of hydrogen-bond acceptors (Lipinski definition) is 3. The number of piperidine rings is 1. The second-order valence-electron chi connectivity index (χ2n) is 5.64. The summed E-state index contributed by atoms with van der Waals surface area (Å²) in [6.07, 6.45) is 7.77. The summed E-state index contributed by atoms with van der Waals surface area (Å²) in [5, 5.41) is 0.668. The molecular weight excluding hydrogens is 274 g/mol. The van der Waals surface area contributed by atoms with E-state index >= 15 is 0 Å². The van der Waals surface area contributed by atoms with Crippen molar-refractivity contribution in [2.24, 2.45) is 5.92 Å². The van der Waals surface area contributed by atoms with E-state index in [1.54, 1.807) is 12.4 Å². The van der Waals surface area contributed by atoms with Crippen molar-refractivity contribution in [1.82, 2.24) is 9.88 Å². The number of rotatable bonds is 2. The van der Waals surface area contributed by atoms with Crippen LogP contribution in [0.2, 0.25) is 5.02 Å². The molecule has 2 fully saturated rings. The Kier molecular flexibility index (Phi) is 4.10. The van der Waals surface area contributed by atoms with Gasteiger partial charge in [0.05, 0.1) is 16.6 Å². The van der Waals surface area contributed by atoms with Gasteiger partial charge in [-0.25, -0.2) is 0 Å². The number of nitrogens with zero attached hydrogens (tertiary/aromatic N) is 3. The van der Waals surface area contributed by atoms with E-state index < -0.39 is 0 Å². The lowest BCUT2D eigenvalue weighted by Crippen LogP contribution is -2.44. The van der Waals surface area contributed by atoms with Gasteiger partial charge in [-0.3, -0.25) is 9.78 Å². The summed E-state index contributed by atoms with van der Waals surface area (Å²) in [6.45, 7) is 3.61. The Balaban J connectivity index is 1.70. The van der Waals surface area contributed by atoms with Crippen molar-refractivity contribution in [3.8, 4) is 0 Å². The van der Waals surface area contributed by atoms with E-state index in [2.05, 4.69) is 9.88 Å².